The molecule has 0 atom stereocenters. The summed E-state index contributed by atoms with van der Waals surface area (Å²) in [5.74, 6) is -1.79. The van der Waals surface area contributed by atoms with E-state index in [1.54, 1.807) is 24.4 Å². The molecule has 3 aliphatic heterocycles. The Balaban J connectivity index is 1.86. The van der Waals surface area contributed by atoms with E-state index in [2.05, 4.69) is 29.7 Å². The molecule has 1 aromatic rings. The lowest BCUT2D eigenvalue weighted by Gasteiger charge is -2.06. The number of allylic oxidation sites excluding steroid dienone is 9. The Morgan fingerprint density at radius 3 is 2.00 bits per heavy atom. The van der Waals surface area contributed by atoms with Crippen LogP contribution >= 0.6 is 0 Å². The van der Waals surface area contributed by atoms with E-state index < -0.39 is 11.9 Å². The van der Waals surface area contributed by atoms with Gasteiger partial charge in [-0.25, -0.2) is 9.98 Å². The average molecular weight is 577 g/mol. The van der Waals surface area contributed by atoms with Gasteiger partial charge in [-0.2, -0.15) is 0 Å². The van der Waals surface area contributed by atoms with Crippen LogP contribution in [-0.4, -0.2) is 44.8 Å². The molecule has 3 aliphatic rings. The van der Waals surface area contributed by atoms with E-state index in [4.69, 9.17) is 9.98 Å². The molecule has 220 valence electrons. The van der Waals surface area contributed by atoms with Gasteiger partial charge in [0.1, 0.15) is 0 Å². The molecule has 0 unspecified atom stereocenters. The largest absolute Gasteiger partial charge is 0.481 e. The summed E-state index contributed by atoms with van der Waals surface area (Å²) in [5.41, 5.74) is 12.4. The van der Waals surface area contributed by atoms with Gasteiger partial charge in [0.05, 0.1) is 28.5 Å². The zero-order valence-corrected chi connectivity index (χ0v) is 25.0. The van der Waals surface area contributed by atoms with Crippen molar-refractivity contribution in [2.24, 2.45) is 15.0 Å². The molecule has 0 spiro atoms. The predicted molar refractivity (Wildman–Crippen MR) is 174 cm³/mol. The van der Waals surface area contributed by atoms with Gasteiger partial charge in [-0.3, -0.25) is 14.6 Å². The van der Waals surface area contributed by atoms with Crippen LogP contribution in [-0.2, 0) is 16.0 Å². The van der Waals surface area contributed by atoms with Crippen molar-refractivity contribution in [3.63, 3.8) is 0 Å². The number of hydrogen-bond acceptors (Lipinski definition) is 5. The Hall–Kier alpha value is -5.11. The van der Waals surface area contributed by atoms with E-state index in [1.165, 1.54) is 0 Å². The SMILES string of the molecule is C=CC1=N/C(=C\c2[nH]c(/C=C3N=C(/C=C4\N=CC(C)=C4C=C)C(C)=C\3CCC(=O)O)c(CCC(=O)O)c2C)C(C)=C1C=C. The Labute approximate surface area is 251 Å². The fraction of sp³-hybridized carbons (Fsp3) is 0.229. The van der Waals surface area contributed by atoms with Gasteiger partial charge in [-0.1, -0.05) is 31.9 Å². The summed E-state index contributed by atoms with van der Waals surface area (Å²) in [6.45, 7) is 19.5. The van der Waals surface area contributed by atoms with Gasteiger partial charge < -0.3 is 15.2 Å². The molecule has 43 heavy (non-hydrogen) atoms. The van der Waals surface area contributed by atoms with Crippen LogP contribution in [0, 0.1) is 6.92 Å². The number of carboxylic acid groups (broad SMARTS) is 2. The van der Waals surface area contributed by atoms with Gasteiger partial charge in [-0.05, 0) is 98.3 Å². The molecule has 4 rings (SSSR count). The van der Waals surface area contributed by atoms with E-state index in [0.717, 1.165) is 73.1 Å². The number of aromatic amines is 1. The van der Waals surface area contributed by atoms with Gasteiger partial charge in [0.15, 0.2) is 0 Å². The van der Waals surface area contributed by atoms with Crippen LogP contribution in [0.15, 0.2) is 110 Å². The number of carboxylic acids is 2. The maximum Gasteiger partial charge on any atom is 0.303 e. The molecule has 0 aliphatic carbocycles. The molecular formula is C35H36N4O4. The Bertz CT molecular complexity index is 1740. The lowest BCUT2D eigenvalue weighted by molar-refractivity contribution is -0.138. The van der Waals surface area contributed by atoms with E-state index in [0.29, 0.717) is 24.3 Å². The molecule has 3 N–H and O–H groups in total. The highest BCUT2D eigenvalue weighted by Gasteiger charge is 2.24. The van der Waals surface area contributed by atoms with Gasteiger partial charge in [-0.15, -0.1) is 0 Å². The van der Waals surface area contributed by atoms with Crippen molar-refractivity contribution in [3.05, 3.63) is 117 Å². The summed E-state index contributed by atoms with van der Waals surface area (Å²) in [4.78, 5) is 40.6. The summed E-state index contributed by atoms with van der Waals surface area (Å²) in [6.07, 6.45) is 13.2. The zero-order valence-electron chi connectivity index (χ0n) is 25.0. The molecule has 1 aromatic heterocycles. The van der Waals surface area contributed by atoms with Crippen molar-refractivity contribution in [1.82, 2.24) is 4.98 Å². The third-order valence-electron chi connectivity index (χ3n) is 7.86. The second kappa shape index (κ2) is 12.8. The van der Waals surface area contributed by atoms with Crippen molar-refractivity contribution < 1.29 is 19.8 Å². The van der Waals surface area contributed by atoms with Gasteiger partial charge in [0.2, 0.25) is 0 Å². The van der Waals surface area contributed by atoms with Crippen molar-refractivity contribution in [3.8, 4) is 0 Å². The molecular weight excluding hydrogens is 540 g/mol. The number of carbonyl (C=O) groups is 2. The number of nitrogens with one attached hydrogen (secondary N) is 1. The number of H-pyrrole nitrogens is 1. The quantitative estimate of drug-likeness (QED) is 0.242. The Kier molecular flexibility index (Phi) is 9.19. The molecule has 0 saturated carbocycles. The zero-order chi connectivity index (χ0) is 31.4. The topological polar surface area (TPSA) is 127 Å². The normalized spacial score (nSPS) is 19.3. The molecule has 0 radical (unpaired) electrons. The van der Waals surface area contributed by atoms with Crippen molar-refractivity contribution in [2.75, 3.05) is 0 Å². The van der Waals surface area contributed by atoms with E-state index in [9.17, 15) is 19.8 Å². The lowest BCUT2D eigenvalue weighted by atomic mass is 9.98. The number of aliphatic imine (C=N–C) groups is 3. The minimum absolute atomic E-state index is 0.0431. The molecule has 0 saturated heterocycles. The smallest absolute Gasteiger partial charge is 0.303 e. The summed E-state index contributed by atoms with van der Waals surface area (Å²) in [7, 11) is 0. The summed E-state index contributed by atoms with van der Waals surface area (Å²) in [5, 5.41) is 18.9. The number of rotatable bonds is 12. The first-order valence-corrected chi connectivity index (χ1v) is 14.0. The highest BCUT2D eigenvalue weighted by Crippen LogP contribution is 2.35. The first-order chi connectivity index (χ1) is 20.5. The highest BCUT2D eigenvalue weighted by atomic mass is 16.4. The molecule has 0 aromatic carbocycles. The maximum absolute atomic E-state index is 11.5. The monoisotopic (exact) mass is 576 g/mol. The van der Waals surface area contributed by atoms with Crippen LogP contribution in [0.25, 0.3) is 12.2 Å². The lowest BCUT2D eigenvalue weighted by Crippen LogP contribution is -2.00. The molecule has 4 heterocycles. The predicted octanol–water partition coefficient (Wildman–Crippen LogP) is 7.27. The van der Waals surface area contributed by atoms with Crippen molar-refractivity contribution in [1.29, 1.82) is 0 Å². The second-order valence-electron chi connectivity index (χ2n) is 10.5. The molecule has 8 heteroatoms. The molecule has 0 amide bonds. The van der Waals surface area contributed by atoms with Crippen LogP contribution in [0.2, 0.25) is 0 Å². The summed E-state index contributed by atoms with van der Waals surface area (Å²) in [6, 6.07) is 0. The van der Waals surface area contributed by atoms with Crippen LogP contribution in [0.4, 0.5) is 0 Å². The molecule has 0 fully saturated rings. The third kappa shape index (κ3) is 6.38. The first kappa shape index (κ1) is 30.8. The molecule has 0 bridgehead atoms. The van der Waals surface area contributed by atoms with Crippen LogP contribution in [0.3, 0.4) is 0 Å². The van der Waals surface area contributed by atoms with Crippen molar-refractivity contribution in [2.45, 2.75) is 53.4 Å². The summed E-state index contributed by atoms with van der Waals surface area (Å²) >= 11 is 0. The van der Waals surface area contributed by atoms with E-state index in [-0.39, 0.29) is 12.8 Å². The number of nitrogens with zero attached hydrogens (tertiary/aromatic N) is 3. The third-order valence-corrected chi connectivity index (χ3v) is 7.86. The first-order valence-electron chi connectivity index (χ1n) is 14.0. The number of aromatic nitrogens is 1. The minimum Gasteiger partial charge on any atom is -0.481 e. The van der Waals surface area contributed by atoms with Gasteiger partial charge in [0, 0.05) is 41.6 Å². The highest BCUT2D eigenvalue weighted by molar-refractivity contribution is 6.14. The fourth-order valence-electron chi connectivity index (χ4n) is 5.38. The number of aliphatic carboxylic acids is 2. The average Bonchev–Trinajstić information content (AvgIpc) is 3.65. The van der Waals surface area contributed by atoms with Crippen LogP contribution in [0.1, 0.15) is 62.5 Å². The van der Waals surface area contributed by atoms with Crippen LogP contribution in [0.5, 0.6) is 0 Å². The van der Waals surface area contributed by atoms with Gasteiger partial charge in [0.25, 0.3) is 0 Å². The molecule has 8 nitrogen and oxygen atoms in total. The standard InChI is InChI=1S/C35H36N4O4/c1-8-23-19(4)18-36-31(23)16-30-22(7)26(12-14-35(42)43)33(39-30)17-32-25(11-13-34(40)41)21(6)29(38-32)15-28-20(5)24(9-2)27(10-3)37-28/h8-10,15-18,38H,1-3,11-14H2,4-7H3,(H,40,41)(H,42,43)/b28-15-,31-16-,33-17-. The van der Waals surface area contributed by atoms with E-state index in [1.807, 2.05) is 45.9 Å². The second-order valence-corrected chi connectivity index (χ2v) is 10.5. The number of hydrogen-bond donors (Lipinski definition) is 3. The fourth-order valence-corrected chi connectivity index (χ4v) is 5.38. The van der Waals surface area contributed by atoms with Crippen molar-refractivity contribution >= 4 is 41.7 Å². The van der Waals surface area contributed by atoms with Gasteiger partial charge >= 0.3 is 11.9 Å². The Morgan fingerprint density at radius 1 is 0.767 bits per heavy atom. The van der Waals surface area contributed by atoms with E-state index >= 15 is 0 Å². The van der Waals surface area contributed by atoms with Crippen LogP contribution < -0.4 is 0 Å². The Morgan fingerprint density at radius 2 is 1.40 bits per heavy atom. The summed E-state index contributed by atoms with van der Waals surface area (Å²) < 4.78 is 0. The minimum atomic E-state index is -0.899. The maximum atomic E-state index is 11.5.